The van der Waals surface area contributed by atoms with Gasteiger partial charge in [0.2, 0.25) is 0 Å². The van der Waals surface area contributed by atoms with Crippen LogP contribution in [0.25, 0.3) is 0 Å². The van der Waals surface area contributed by atoms with Crippen LogP contribution in [0, 0.1) is 12.8 Å². The van der Waals surface area contributed by atoms with Crippen molar-refractivity contribution in [2.75, 3.05) is 18.4 Å². The molecule has 1 saturated heterocycles. The number of rotatable bonds is 2. The molecule has 1 unspecified atom stereocenters. The first-order valence-corrected chi connectivity index (χ1v) is 7.23. The molecular weight excluding hydrogens is 302 g/mol. The van der Waals surface area contributed by atoms with Gasteiger partial charge in [0, 0.05) is 29.0 Å². The average Bonchev–Trinajstić information content (AvgIpc) is 2.80. The summed E-state index contributed by atoms with van der Waals surface area (Å²) < 4.78 is 0. The Morgan fingerprint density at radius 3 is 2.94 bits per heavy atom. The van der Waals surface area contributed by atoms with Crippen LogP contribution in [0.4, 0.5) is 0 Å². The number of carbonyl (C=O) groups excluding carboxylic acids is 1. The molecule has 1 aliphatic heterocycles. The van der Waals surface area contributed by atoms with Gasteiger partial charge in [0.1, 0.15) is 0 Å². The Balaban J connectivity index is 2.12. The normalized spacial score (nSPS) is 19.7. The maximum Gasteiger partial charge on any atom is 0.253 e. The Morgan fingerprint density at radius 1 is 1.59 bits per heavy atom. The molecule has 0 aromatic heterocycles. The Morgan fingerprint density at radius 2 is 2.35 bits per heavy atom. The maximum atomic E-state index is 12.2. The quantitative estimate of drug-likeness (QED) is 0.765. The lowest BCUT2D eigenvalue weighted by atomic mass is 10.1. The van der Waals surface area contributed by atoms with Gasteiger partial charge in [0.05, 0.1) is 0 Å². The van der Waals surface area contributed by atoms with E-state index in [0.29, 0.717) is 10.9 Å². The molecule has 0 radical (unpaired) electrons. The molecule has 2 rings (SSSR count). The fraction of sp³-hybridized carbons (Fsp3) is 0.462. The van der Waals surface area contributed by atoms with Gasteiger partial charge >= 0.3 is 0 Å². The highest BCUT2D eigenvalue weighted by atomic mass is 79.9. The monoisotopic (exact) mass is 315 g/mol. The Hall–Kier alpha value is -0.540. The first-order valence-electron chi connectivity index (χ1n) is 5.73. The van der Waals surface area contributed by atoms with Crippen molar-refractivity contribution >= 4 is 33.4 Å². The highest BCUT2D eigenvalue weighted by Gasteiger charge is 2.26. The van der Waals surface area contributed by atoms with Crippen molar-refractivity contribution in [2.24, 2.45) is 5.92 Å². The second-order valence-electron chi connectivity index (χ2n) is 4.52. The van der Waals surface area contributed by atoms with Crippen LogP contribution < -0.4 is 0 Å². The molecule has 1 aromatic carbocycles. The Kier molecular flexibility index (Phi) is 4.10. The van der Waals surface area contributed by atoms with Crippen molar-refractivity contribution in [1.82, 2.24) is 4.90 Å². The van der Waals surface area contributed by atoms with Crippen LogP contribution in [0.2, 0.25) is 5.02 Å². The number of amides is 1. The van der Waals surface area contributed by atoms with Gasteiger partial charge in [-0.25, -0.2) is 0 Å². The summed E-state index contributed by atoms with van der Waals surface area (Å²) in [6, 6.07) is 5.47. The molecule has 1 atom stereocenters. The van der Waals surface area contributed by atoms with Crippen LogP contribution >= 0.6 is 27.5 Å². The van der Waals surface area contributed by atoms with Crippen LogP contribution in [0.3, 0.4) is 0 Å². The summed E-state index contributed by atoms with van der Waals surface area (Å²) in [5.74, 6) is 0.709. The lowest BCUT2D eigenvalue weighted by Gasteiger charge is -2.16. The minimum Gasteiger partial charge on any atom is -0.338 e. The number of likely N-dealkylation sites (tertiary alicyclic amines) is 1. The number of nitrogens with zero attached hydrogens (tertiary/aromatic N) is 1. The molecule has 0 bridgehead atoms. The smallest absolute Gasteiger partial charge is 0.253 e. The molecule has 1 heterocycles. The number of carbonyl (C=O) groups is 1. The van der Waals surface area contributed by atoms with Gasteiger partial charge in [0.15, 0.2) is 0 Å². The van der Waals surface area contributed by atoms with Crippen molar-refractivity contribution in [1.29, 1.82) is 0 Å². The first kappa shape index (κ1) is 12.9. The van der Waals surface area contributed by atoms with E-state index in [0.717, 1.165) is 36.0 Å². The summed E-state index contributed by atoms with van der Waals surface area (Å²) in [4.78, 5) is 14.2. The molecule has 0 N–H and O–H groups in total. The minimum atomic E-state index is 0.119. The standard InChI is InChI=1S/C13H15BrClNO/c1-9-6-11(2-3-12(9)15)13(17)16-5-4-10(7-14)8-16/h2-3,6,10H,4-5,7-8H2,1H3. The van der Waals surface area contributed by atoms with Crippen molar-refractivity contribution in [3.8, 4) is 0 Å². The fourth-order valence-electron chi connectivity index (χ4n) is 2.10. The zero-order chi connectivity index (χ0) is 12.4. The van der Waals surface area contributed by atoms with E-state index in [4.69, 9.17) is 11.6 Å². The molecule has 2 nitrogen and oxygen atoms in total. The molecule has 1 aliphatic rings. The predicted molar refractivity (Wildman–Crippen MR) is 74.0 cm³/mol. The van der Waals surface area contributed by atoms with E-state index in [1.54, 1.807) is 12.1 Å². The molecular formula is C13H15BrClNO. The number of benzene rings is 1. The summed E-state index contributed by atoms with van der Waals surface area (Å²) >= 11 is 9.43. The first-order chi connectivity index (χ1) is 8.11. The SMILES string of the molecule is Cc1cc(C(=O)N2CCC(CBr)C2)ccc1Cl. The molecule has 1 amide bonds. The minimum absolute atomic E-state index is 0.119. The zero-order valence-electron chi connectivity index (χ0n) is 9.75. The van der Waals surface area contributed by atoms with Crippen molar-refractivity contribution in [2.45, 2.75) is 13.3 Å². The molecule has 1 aromatic rings. The van der Waals surface area contributed by atoms with Gasteiger partial charge in [-0.05, 0) is 43.0 Å². The average molecular weight is 317 g/mol. The van der Waals surface area contributed by atoms with Crippen molar-refractivity contribution in [3.63, 3.8) is 0 Å². The summed E-state index contributed by atoms with van der Waals surface area (Å²) in [6.45, 7) is 3.63. The molecule has 4 heteroatoms. The van der Waals surface area contributed by atoms with E-state index in [-0.39, 0.29) is 5.91 Å². The molecule has 0 aliphatic carbocycles. The molecule has 1 fully saturated rings. The topological polar surface area (TPSA) is 20.3 Å². The number of alkyl halides is 1. The lowest BCUT2D eigenvalue weighted by molar-refractivity contribution is 0.0788. The Labute approximate surface area is 115 Å². The van der Waals surface area contributed by atoms with Crippen LogP contribution in [0.15, 0.2) is 18.2 Å². The highest BCUT2D eigenvalue weighted by Crippen LogP contribution is 2.22. The summed E-state index contributed by atoms with van der Waals surface area (Å²) in [7, 11) is 0. The van der Waals surface area contributed by atoms with Gasteiger partial charge in [0.25, 0.3) is 5.91 Å². The fourth-order valence-corrected chi connectivity index (χ4v) is 2.75. The van der Waals surface area contributed by atoms with Gasteiger partial charge in [-0.3, -0.25) is 4.79 Å². The molecule has 0 saturated carbocycles. The summed E-state index contributed by atoms with van der Waals surface area (Å²) in [6.07, 6.45) is 1.09. The van der Waals surface area contributed by atoms with E-state index in [1.807, 2.05) is 17.9 Å². The predicted octanol–water partition coefficient (Wildman–Crippen LogP) is 3.51. The largest absolute Gasteiger partial charge is 0.338 e. The zero-order valence-corrected chi connectivity index (χ0v) is 12.1. The lowest BCUT2D eigenvalue weighted by Crippen LogP contribution is -2.28. The number of hydrogen-bond donors (Lipinski definition) is 0. The van der Waals surface area contributed by atoms with E-state index in [9.17, 15) is 4.79 Å². The number of hydrogen-bond acceptors (Lipinski definition) is 1. The van der Waals surface area contributed by atoms with Crippen molar-refractivity contribution in [3.05, 3.63) is 34.3 Å². The van der Waals surface area contributed by atoms with Gasteiger partial charge in [-0.2, -0.15) is 0 Å². The summed E-state index contributed by atoms with van der Waals surface area (Å²) in [5, 5.41) is 1.68. The van der Waals surface area contributed by atoms with E-state index >= 15 is 0 Å². The molecule has 17 heavy (non-hydrogen) atoms. The van der Waals surface area contributed by atoms with Crippen LogP contribution in [0.1, 0.15) is 22.3 Å². The van der Waals surface area contributed by atoms with Crippen LogP contribution in [-0.2, 0) is 0 Å². The second kappa shape index (κ2) is 5.40. The van der Waals surface area contributed by atoms with E-state index < -0.39 is 0 Å². The Bertz CT molecular complexity index is 435. The van der Waals surface area contributed by atoms with Crippen LogP contribution in [0.5, 0.6) is 0 Å². The second-order valence-corrected chi connectivity index (χ2v) is 5.58. The molecule has 92 valence electrons. The van der Waals surface area contributed by atoms with Crippen molar-refractivity contribution < 1.29 is 4.79 Å². The van der Waals surface area contributed by atoms with E-state index in [2.05, 4.69) is 15.9 Å². The van der Waals surface area contributed by atoms with E-state index in [1.165, 1.54) is 0 Å². The third-order valence-electron chi connectivity index (χ3n) is 3.20. The van der Waals surface area contributed by atoms with Gasteiger partial charge < -0.3 is 4.90 Å². The number of aryl methyl sites for hydroxylation is 1. The summed E-state index contributed by atoms with van der Waals surface area (Å²) in [5.41, 5.74) is 1.69. The number of halogens is 2. The third-order valence-corrected chi connectivity index (χ3v) is 4.54. The van der Waals surface area contributed by atoms with Gasteiger partial charge in [-0.15, -0.1) is 0 Å². The molecule has 0 spiro atoms. The van der Waals surface area contributed by atoms with Gasteiger partial charge in [-0.1, -0.05) is 27.5 Å². The highest BCUT2D eigenvalue weighted by molar-refractivity contribution is 9.09. The maximum absolute atomic E-state index is 12.2. The van der Waals surface area contributed by atoms with Crippen LogP contribution in [-0.4, -0.2) is 29.2 Å². The third kappa shape index (κ3) is 2.83.